The second-order valence-electron chi connectivity index (χ2n) is 5.20. The van der Waals surface area contributed by atoms with Crippen LogP contribution in [0.4, 0.5) is 16.2 Å². The Morgan fingerprint density at radius 3 is 2.39 bits per heavy atom. The molecular weight excluding hydrogens is 292 g/mol. The molecule has 0 saturated heterocycles. The van der Waals surface area contributed by atoms with Gasteiger partial charge in [0.1, 0.15) is 11.5 Å². The van der Waals surface area contributed by atoms with Gasteiger partial charge < -0.3 is 20.1 Å². The van der Waals surface area contributed by atoms with Gasteiger partial charge in [0, 0.05) is 5.69 Å². The van der Waals surface area contributed by atoms with Crippen LogP contribution in [0.3, 0.4) is 0 Å². The smallest absolute Gasteiger partial charge is 0.323 e. The van der Waals surface area contributed by atoms with E-state index < -0.39 is 0 Å². The van der Waals surface area contributed by atoms with Crippen LogP contribution in [-0.4, -0.2) is 18.7 Å². The van der Waals surface area contributed by atoms with E-state index in [1.54, 1.807) is 18.2 Å². The van der Waals surface area contributed by atoms with Crippen LogP contribution in [0.15, 0.2) is 48.5 Å². The van der Waals surface area contributed by atoms with Gasteiger partial charge >= 0.3 is 6.03 Å². The largest absolute Gasteiger partial charge is 0.492 e. The first kappa shape index (κ1) is 16.7. The third kappa shape index (κ3) is 5.21. The zero-order valence-electron chi connectivity index (χ0n) is 13.6. The molecule has 0 aliphatic heterocycles. The monoisotopic (exact) mass is 314 g/mol. The van der Waals surface area contributed by atoms with Gasteiger partial charge in [-0.15, -0.1) is 0 Å². The number of carbonyl (C=O) groups excluding carboxylic acids is 1. The fraction of sp³-hybridized carbons (Fsp3) is 0.278. The summed E-state index contributed by atoms with van der Waals surface area (Å²) in [7, 11) is 0. The molecule has 2 aromatic rings. The van der Waals surface area contributed by atoms with Gasteiger partial charge in [-0.05, 0) is 57.2 Å². The molecule has 0 atom stereocenters. The van der Waals surface area contributed by atoms with Crippen molar-refractivity contribution in [3.8, 4) is 11.5 Å². The number of rotatable bonds is 6. The van der Waals surface area contributed by atoms with Crippen LogP contribution in [0.2, 0.25) is 0 Å². The summed E-state index contributed by atoms with van der Waals surface area (Å²) in [6.45, 7) is 6.38. The molecule has 0 bridgehead atoms. The quantitative estimate of drug-likeness (QED) is 0.824. The van der Waals surface area contributed by atoms with Crippen LogP contribution in [0.5, 0.6) is 11.5 Å². The molecule has 122 valence electrons. The number of anilines is 2. The van der Waals surface area contributed by atoms with E-state index in [1.807, 2.05) is 51.1 Å². The molecule has 2 aromatic carbocycles. The second kappa shape index (κ2) is 8.08. The maximum absolute atomic E-state index is 12.1. The first-order valence-corrected chi connectivity index (χ1v) is 7.65. The number of nitrogens with one attached hydrogen (secondary N) is 2. The predicted molar refractivity (Wildman–Crippen MR) is 92.5 cm³/mol. The Balaban J connectivity index is 1.97. The molecule has 23 heavy (non-hydrogen) atoms. The van der Waals surface area contributed by atoms with E-state index in [0.717, 1.165) is 5.75 Å². The third-order valence-corrected chi connectivity index (χ3v) is 2.92. The van der Waals surface area contributed by atoms with Crippen LogP contribution >= 0.6 is 0 Å². The Morgan fingerprint density at radius 2 is 1.74 bits per heavy atom. The summed E-state index contributed by atoms with van der Waals surface area (Å²) >= 11 is 0. The Bertz CT molecular complexity index is 639. The normalized spacial score (nSPS) is 10.3. The molecule has 0 unspecified atom stereocenters. The van der Waals surface area contributed by atoms with Gasteiger partial charge in [-0.1, -0.05) is 12.1 Å². The van der Waals surface area contributed by atoms with Crippen LogP contribution in [0.1, 0.15) is 20.8 Å². The molecule has 5 heteroatoms. The zero-order chi connectivity index (χ0) is 16.7. The van der Waals surface area contributed by atoms with E-state index in [9.17, 15) is 4.79 Å². The second-order valence-corrected chi connectivity index (χ2v) is 5.20. The number of hydrogen-bond acceptors (Lipinski definition) is 3. The van der Waals surface area contributed by atoms with E-state index in [0.29, 0.717) is 23.7 Å². The number of urea groups is 1. The summed E-state index contributed by atoms with van der Waals surface area (Å²) in [5, 5.41) is 5.56. The number of ether oxygens (including phenoxy) is 2. The summed E-state index contributed by atoms with van der Waals surface area (Å²) in [6.07, 6.45) is 0.118. The van der Waals surface area contributed by atoms with E-state index in [-0.39, 0.29) is 12.1 Å². The van der Waals surface area contributed by atoms with Gasteiger partial charge in [-0.2, -0.15) is 0 Å². The van der Waals surface area contributed by atoms with Crippen molar-refractivity contribution >= 4 is 17.4 Å². The Labute approximate surface area is 136 Å². The molecule has 0 fully saturated rings. The molecular formula is C18H22N2O3. The van der Waals surface area contributed by atoms with Crippen molar-refractivity contribution in [1.82, 2.24) is 0 Å². The molecule has 0 aliphatic rings. The average molecular weight is 314 g/mol. The maximum atomic E-state index is 12.1. The topological polar surface area (TPSA) is 59.6 Å². The lowest BCUT2D eigenvalue weighted by molar-refractivity contribution is 0.242. The van der Waals surface area contributed by atoms with Crippen molar-refractivity contribution in [2.75, 3.05) is 17.2 Å². The average Bonchev–Trinajstić information content (AvgIpc) is 2.51. The Hall–Kier alpha value is -2.69. The molecule has 2 amide bonds. The molecule has 0 heterocycles. The minimum absolute atomic E-state index is 0.118. The minimum atomic E-state index is -0.324. The number of amides is 2. The highest BCUT2D eigenvalue weighted by molar-refractivity contribution is 6.00. The van der Waals surface area contributed by atoms with Crippen LogP contribution in [0, 0.1) is 0 Å². The first-order valence-electron chi connectivity index (χ1n) is 7.65. The van der Waals surface area contributed by atoms with Gasteiger partial charge in [-0.25, -0.2) is 4.79 Å². The summed E-state index contributed by atoms with van der Waals surface area (Å²) in [5.74, 6) is 1.42. The summed E-state index contributed by atoms with van der Waals surface area (Å²) < 4.78 is 11.0. The Kier molecular flexibility index (Phi) is 5.86. The van der Waals surface area contributed by atoms with E-state index in [4.69, 9.17) is 9.47 Å². The summed E-state index contributed by atoms with van der Waals surface area (Å²) in [5.41, 5.74) is 1.32. The molecule has 0 saturated carbocycles. The minimum Gasteiger partial charge on any atom is -0.492 e. The molecule has 0 aliphatic carbocycles. The highest BCUT2D eigenvalue weighted by Crippen LogP contribution is 2.24. The highest BCUT2D eigenvalue weighted by atomic mass is 16.5. The molecule has 0 radical (unpaired) electrons. The van der Waals surface area contributed by atoms with Crippen LogP contribution in [-0.2, 0) is 0 Å². The standard InChI is InChI=1S/C18H22N2O3/c1-4-22-17-8-6-5-7-16(17)20-18(21)19-14-9-11-15(12-10-14)23-13(2)3/h5-13H,4H2,1-3H3,(H2,19,20,21). The third-order valence-electron chi connectivity index (χ3n) is 2.92. The van der Waals surface area contributed by atoms with Crippen LogP contribution in [0.25, 0.3) is 0 Å². The molecule has 2 rings (SSSR count). The maximum Gasteiger partial charge on any atom is 0.323 e. The Morgan fingerprint density at radius 1 is 1.04 bits per heavy atom. The fourth-order valence-electron chi connectivity index (χ4n) is 2.02. The van der Waals surface area contributed by atoms with Gasteiger partial charge in [0.2, 0.25) is 0 Å². The molecule has 0 aromatic heterocycles. The predicted octanol–water partition coefficient (Wildman–Crippen LogP) is 4.52. The lowest BCUT2D eigenvalue weighted by atomic mass is 10.3. The van der Waals surface area contributed by atoms with Crippen molar-refractivity contribution in [1.29, 1.82) is 0 Å². The number of carbonyl (C=O) groups is 1. The van der Waals surface area contributed by atoms with E-state index in [2.05, 4.69) is 10.6 Å². The molecule has 5 nitrogen and oxygen atoms in total. The SMILES string of the molecule is CCOc1ccccc1NC(=O)Nc1ccc(OC(C)C)cc1. The molecule has 2 N–H and O–H groups in total. The van der Waals surface area contributed by atoms with E-state index in [1.165, 1.54) is 0 Å². The van der Waals surface area contributed by atoms with E-state index >= 15 is 0 Å². The summed E-state index contributed by atoms with van der Waals surface area (Å²) in [6, 6.07) is 14.2. The van der Waals surface area contributed by atoms with Crippen molar-refractivity contribution in [3.05, 3.63) is 48.5 Å². The van der Waals surface area contributed by atoms with Crippen molar-refractivity contribution in [2.24, 2.45) is 0 Å². The van der Waals surface area contributed by atoms with Crippen molar-refractivity contribution in [3.63, 3.8) is 0 Å². The fourth-order valence-corrected chi connectivity index (χ4v) is 2.02. The number of hydrogen-bond donors (Lipinski definition) is 2. The number of para-hydroxylation sites is 2. The lowest BCUT2D eigenvalue weighted by Gasteiger charge is -2.13. The molecule has 0 spiro atoms. The van der Waals surface area contributed by atoms with Gasteiger partial charge in [0.15, 0.2) is 0 Å². The summed E-state index contributed by atoms with van der Waals surface area (Å²) in [4.78, 5) is 12.1. The highest BCUT2D eigenvalue weighted by Gasteiger charge is 2.07. The number of benzene rings is 2. The van der Waals surface area contributed by atoms with Gasteiger partial charge in [0.05, 0.1) is 18.4 Å². The zero-order valence-corrected chi connectivity index (χ0v) is 13.6. The van der Waals surface area contributed by atoms with Crippen molar-refractivity contribution < 1.29 is 14.3 Å². The first-order chi connectivity index (χ1) is 11.1. The van der Waals surface area contributed by atoms with Gasteiger partial charge in [0.25, 0.3) is 0 Å². The van der Waals surface area contributed by atoms with Crippen LogP contribution < -0.4 is 20.1 Å². The van der Waals surface area contributed by atoms with Crippen molar-refractivity contribution in [2.45, 2.75) is 26.9 Å². The lowest BCUT2D eigenvalue weighted by Crippen LogP contribution is -2.19. The van der Waals surface area contributed by atoms with Gasteiger partial charge in [-0.3, -0.25) is 0 Å².